The zero-order valence-corrected chi connectivity index (χ0v) is 14.8. The molecule has 1 aromatic rings. The van der Waals surface area contributed by atoms with Gasteiger partial charge in [0.15, 0.2) is 11.6 Å². The van der Waals surface area contributed by atoms with E-state index in [-0.39, 0.29) is 11.9 Å². The summed E-state index contributed by atoms with van der Waals surface area (Å²) in [6.45, 7) is 11.3. The van der Waals surface area contributed by atoms with Crippen molar-refractivity contribution in [1.82, 2.24) is 15.6 Å². The number of amides is 2. The summed E-state index contributed by atoms with van der Waals surface area (Å²) in [6, 6.07) is -0.0284. The predicted octanol–water partition coefficient (Wildman–Crippen LogP) is 2.71. The van der Waals surface area contributed by atoms with Gasteiger partial charge in [0.05, 0.1) is 0 Å². The van der Waals surface area contributed by atoms with Gasteiger partial charge in [-0.3, -0.25) is 4.79 Å². The van der Waals surface area contributed by atoms with Gasteiger partial charge in [-0.15, -0.1) is 0 Å². The van der Waals surface area contributed by atoms with Crippen molar-refractivity contribution in [2.24, 2.45) is 0 Å². The van der Waals surface area contributed by atoms with Gasteiger partial charge in [0, 0.05) is 19.5 Å². The first kappa shape index (κ1) is 19.0. The summed E-state index contributed by atoms with van der Waals surface area (Å²) < 4.78 is 10.4. The number of hydrogen-bond donors (Lipinski definition) is 2. The Morgan fingerprint density at radius 3 is 2.48 bits per heavy atom. The Morgan fingerprint density at radius 2 is 1.96 bits per heavy atom. The molecule has 1 heterocycles. The number of nitrogens with zero attached hydrogens (tertiary/aromatic N) is 1. The third-order valence-electron chi connectivity index (χ3n) is 2.98. The summed E-state index contributed by atoms with van der Waals surface area (Å²) >= 11 is 0. The molecule has 2 N–H and O–H groups in total. The summed E-state index contributed by atoms with van der Waals surface area (Å²) in [4.78, 5) is 27.6. The molecule has 1 unspecified atom stereocenters. The van der Waals surface area contributed by atoms with E-state index < -0.39 is 11.7 Å². The van der Waals surface area contributed by atoms with Gasteiger partial charge in [-0.2, -0.15) is 0 Å². The van der Waals surface area contributed by atoms with Crippen LogP contribution in [0.15, 0.2) is 4.42 Å². The van der Waals surface area contributed by atoms with Crippen LogP contribution in [0.25, 0.3) is 0 Å². The smallest absolute Gasteiger partial charge is 0.407 e. The van der Waals surface area contributed by atoms with Crippen LogP contribution in [0.1, 0.15) is 62.7 Å². The second-order valence-electron chi connectivity index (χ2n) is 6.58. The normalized spacial score (nSPS) is 12.6. The molecule has 0 aliphatic heterocycles. The molecule has 1 atom stereocenters. The molecule has 0 bridgehead atoms. The third kappa shape index (κ3) is 7.17. The maximum Gasteiger partial charge on any atom is 0.407 e. The predicted molar refractivity (Wildman–Crippen MR) is 86.4 cm³/mol. The van der Waals surface area contributed by atoms with Gasteiger partial charge >= 0.3 is 6.09 Å². The van der Waals surface area contributed by atoms with Crippen molar-refractivity contribution in [1.29, 1.82) is 0 Å². The monoisotopic (exact) mass is 325 g/mol. The van der Waals surface area contributed by atoms with Crippen LogP contribution in [0.4, 0.5) is 4.79 Å². The van der Waals surface area contributed by atoms with Crippen molar-refractivity contribution in [2.45, 2.75) is 66.0 Å². The summed E-state index contributed by atoms with van der Waals surface area (Å²) in [7, 11) is 0. The van der Waals surface area contributed by atoms with Crippen LogP contribution in [-0.4, -0.2) is 35.2 Å². The van der Waals surface area contributed by atoms with E-state index in [1.807, 2.05) is 27.7 Å². The number of carbonyl (C=O) groups is 2. The second kappa shape index (κ2) is 7.99. The van der Waals surface area contributed by atoms with Crippen LogP contribution in [0.2, 0.25) is 0 Å². The fourth-order valence-electron chi connectivity index (χ4n) is 2.02. The SMILES string of the molecule is Cc1nc(C(=O)NC(C)CCCNC(=O)OC(C)(C)C)c(C)o1. The Morgan fingerprint density at radius 1 is 1.30 bits per heavy atom. The topological polar surface area (TPSA) is 93.5 Å². The maximum atomic E-state index is 12.1. The number of alkyl carbamates (subject to hydrolysis) is 1. The molecule has 0 radical (unpaired) electrons. The van der Waals surface area contributed by atoms with Crippen molar-refractivity contribution in [3.05, 3.63) is 17.3 Å². The summed E-state index contributed by atoms with van der Waals surface area (Å²) in [5, 5.41) is 5.56. The highest BCUT2D eigenvalue weighted by atomic mass is 16.6. The van der Waals surface area contributed by atoms with E-state index in [4.69, 9.17) is 9.15 Å². The highest BCUT2D eigenvalue weighted by Gasteiger charge is 2.18. The number of carbonyl (C=O) groups excluding carboxylic acids is 2. The molecule has 0 aliphatic rings. The van der Waals surface area contributed by atoms with Crippen LogP contribution in [0.5, 0.6) is 0 Å². The Kier molecular flexibility index (Phi) is 6.60. The van der Waals surface area contributed by atoms with Crippen molar-refractivity contribution in [3.8, 4) is 0 Å². The van der Waals surface area contributed by atoms with E-state index in [2.05, 4.69) is 15.6 Å². The Balaban J connectivity index is 2.27. The van der Waals surface area contributed by atoms with E-state index in [0.717, 1.165) is 12.8 Å². The number of ether oxygens (including phenoxy) is 1. The molecule has 0 aromatic carbocycles. The standard InChI is InChI=1S/C16H27N3O4/c1-10(8-7-9-17-15(21)23-16(4,5)6)18-14(20)13-11(2)22-12(3)19-13/h10H,7-9H2,1-6H3,(H,17,21)(H,18,20). The number of aromatic nitrogens is 1. The number of oxazole rings is 1. The quantitative estimate of drug-likeness (QED) is 0.784. The zero-order chi connectivity index (χ0) is 17.6. The molecule has 7 nitrogen and oxygen atoms in total. The Bertz CT molecular complexity index is 546. The lowest BCUT2D eigenvalue weighted by Crippen LogP contribution is -2.35. The molecule has 0 aliphatic carbocycles. The number of aryl methyl sites for hydroxylation is 2. The zero-order valence-electron chi connectivity index (χ0n) is 14.8. The second-order valence-corrected chi connectivity index (χ2v) is 6.58. The van der Waals surface area contributed by atoms with Crippen LogP contribution < -0.4 is 10.6 Å². The first-order chi connectivity index (χ1) is 10.6. The number of rotatable bonds is 6. The highest BCUT2D eigenvalue weighted by Crippen LogP contribution is 2.09. The van der Waals surface area contributed by atoms with Gasteiger partial charge in [0.25, 0.3) is 5.91 Å². The van der Waals surface area contributed by atoms with Crippen molar-refractivity contribution >= 4 is 12.0 Å². The molecule has 23 heavy (non-hydrogen) atoms. The summed E-state index contributed by atoms with van der Waals surface area (Å²) in [5.41, 5.74) is -0.180. The Labute approximate surface area is 137 Å². The molecule has 0 fully saturated rings. The van der Waals surface area contributed by atoms with Crippen molar-refractivity contribution in [2.75, 3.05) is 6.54 Å². The molecule has 0 saturated heterocycles. The van der Waals surface area contributed by atoms with Crippen LogP contribution in [0.3, 0.4) is 0 Å². The van der Waals surface area contributed by atoms with E-state index in [1.54, 1.807) is 13.8 Å². The van der Waals surface area contributed by atoms with Crippen molar-refractivity contribution in [3.63, 3.8) is 0 Å². The molecule has 2 amide bonds. The average molecular weight is 325 g/mol. The minimum absolute atomic E-state index is 0.0284. The fourth-order valence-corrected chi connectivity index (χ4v) is 2.02. The summed E-state index contributed by atoms with van der Waals surface area (Å²) in [6.07, 6.45) is 1.04. The van der Waals surface area contributed by atoms with Gasteiger partial charge in [0.2, 0.25) is 0 Å². The Hall–Kier alpha value is -2.05. The molecule has 1 aromatic heterocycles. The molecular formula is C16H27N3O4. The average Bonchev–Trinajstić information content (AvgIpc) is 2.71. The molecule has 130 valence electrons. The third-order valence-corrected chi connectivity index (χ3v) is 2.98. The minimum Gasteiger partial charge on any atom is -0.445 e. The highest BCUT2D eigenvalue weighted by molar-refractivity contribution is 5.93. The minimum atomic E-state index is -0.501. The van der Waals surface area contributed by atoms with E-state index >= 15 is 0 Å². The van der Waals surface area contributed by atoms with Crippen LogP contribution >= 0.6 is 0 Å². The van der Waals surface area contributed by atoms with Gasteiger partial charge in [-0.25, -0.2) is 9.78 Å². The molecule has 0 spiro atoms. The number of nitrogens with one attached hydrogen (secondary N) is 2. The summed E-state index contributed by atoms with van der Waals surface area (Å²) in [5.74, 6) is 0.743. The van der Waals surface area contributed by atoms with E-state index in [9.17, 15) is 9.59 Å². The van der Waals surface area contributed by atoms with E-state index in [1.165, 1.54) is 0 Å². The fraction of sp³-hybridized carbons (Fsp3) is 0.688. The van der Waals surface area contributed by atoms with Gasteiger partial charge in [-0.1, -0.05) is 0 Å². The molecule has 7 heteroatoms. The van der Waals surface area contributed by atoms with E-state index in [0.29, 0.717) is 23.9 Å². The maximum absolute atomic E-state index is 12.1. The van der Waals surface area contributed by atoms with Gasteiger partial charge in [0.1, 0.15) is 11.4 Å². The lowest BCUT2D eigenvalue weighted by molar-refractivity contribution is 0.0526. The van der Waals surface area contributed by atoms with Crippen LogP contribution in [-0.2, 0) is 4.74 Å². The van der Waals surface area contributed by atoms with Gasteiger partial charge < -0.3 is 19.8 Å². The molecule has 1 rings (SSSR count). The van der Waals surface area contributed by atoms with Crippen molar-refractivity contribution < 1.29 is 18.7 Å². The molecular weight excluding hydrogens is 298 g/mol. The number of hydrogen-bond acceptors (Lipinski definition) is 5. The lowest BCUT2D eigenvalue weighted by Gasteiger charge is -2.20. The molecule has 0 saturated carbocycles. The van der Waals surface area contributed by atoms with Crippen LogP contribution in [0, 0.1) is 13.8 Å². The first-order valence-electron chi connectivity index (χ1n) is 7.80. The first-order valence-corrected chi connectivity index (χ1v) is 7.80. The van der Waals surface area contributed by atoms with Gasteiger partial charge in [-0.05, 0) is 47.5 Å². The largest absolute Gasteiger partial charge is 0.445 e. The lowest BCUT2D eigenvalue weighted by atomic mass is 10.1.